The summed E-state index contributed by atoms with van der Waals surface area (Å²) >= 11 is 0. The summed E-state index contributed by atoms with van der Waals surface area (Å²) in [6.45, 7) is 3.20. The molecule has 0 saturated carbocycles. The number of rotatable bonds is 5. The summed E-state index contributed by atoms with van der Waals surface area (Å²) in [5, 5.41) is 1.84. The number of ether oxygens (including phenoxy) is 4. The zero-order chi connectivity index (χ0) is 26.1. The van der Waals surface area contributed by atoms with Crippen LogP contribution in [0.5, 0.6) is 11.5 Å². The van der Waals surface area contributed by atoms with E-state index in [0.717, 1.165) is 59.6 Å². The summed E-state index contributed by atoms with van der Waals surface area (Å²) in [5.41, 5.74) is 3.36. The van der Waals surface area contributed by atoms with Crippen LogP contribution in [0.2, 0.25) is 0 Å². The van der Waals surface area contributed by atoms with Crippen molar-refractivity contribution in [3.05, 3.63) is 107 Å². The van der Waals surface area contributed by atoms with E-state index < -0.39 is 11.6 Å². The minimum Gasteiger partial charge on any atom is -0.497 e. The second-order valence-corrected chi connectivity index (χ2v) is 9.43. The maximum absolute atomic E-state index is 12.7. The van der Waals surface area contributed by atoms with Crippen LogP contribution < -0.4 is 14.4 Å². The summed E-state index contributed by atoms with van der Waals surface area (Å²) in [6, 6.07) is 26.3. The van der Waals surface area contributed by atoms with Crippen molar-refractivity contribution in [3.63, 3.8) is 0 Å². The lowest BCUT2D eigenvalue weighted by atomic mass is 9.82. The molecule has 1 unspecified atom stereocenters. The van der Waals surface area contributed by atoms with Gasteiger partial charge in [0, 0.05) is 40.9 Å². The number of hydrogen-bond acceptors (Lipinski definition) is 6. The molecule has 2 aliphatic rings. The molecule has 0 bridgehead atoms. The smallest absolute Gasteiger partial charge is 0.338 e. The zero-order valence-corrected chi connectivity index (χ0v) is 21.5. The molecule has 0 amide bonds. The third-order valence-electron chi connectivity index (χ3n) is 7.38. The van der Waals surface area contributed by atoms with Crippen LogP contribution in [0.25, 0.3) is 16.8 Å². The van der Waals surface area contributed by atoms with E-state index in [-0.39, 0.29) is 0 Å². The fourth-order valence-corrected chi connectivity index (χ4v) is 5.34. The third-order valence-corrected chi connectivity index (χ3v) is 7.38. The van der Waals surface area contributed by atoms with Crippen molar-refractivity contribution in [2.75, 3.05) is 45.4 Å². The van der Waals surface area contributed by atoms with Gasteiger partial charge in [-0.15, -0.1) is 0 Å². The van der Waals surface area contributed by atoms with Crippen molar-refractivity contribution in [1.82, 2.24) is 0 Å². The lowest BCUT2D eigenvalue weighted by Crippen LogP contribution is -2.37. The van der Waals surface area contributed by atoms with E-state index in [1.807, 2.05) is 66.7 Å². The minimum atomic E-state index is -0.916. The Morgan fingerprint density at radius 2 is 1.58 bits per heavy atom. The van der Waals surface area contributed by atoms with Crippen LogP contribution in [0.15, 0.2) is 84.9 Å². The maximum atomic E-state index is 12.7. The molecular weight excluding hydrogens is 478 g/mol. The molecule has 2 heterocycles. The maximum Gasteiger partial charge on any atom is 0.338 e. The summed E-state index contributed by atoms with van der Waals surface area (Å²) in [7, 11) is 3.05. The lowest BCUT2D eigenvalue weighted by molar-refractivity contribution is 0.0599. The van der Waals surface area contributed by atoms with Crippen LogP contribution in [0.4, 0.5) is 5.69 Å². The SMILES string of the molecule is COC(=O)c1cc2ccccc2c2c1C=CC(c1ccc(OC)cc1)(c1ccc(N3CCOCC3)cc1)O2. The van der Waals surface area contributed by atoms with Crippen LogP contribution in [0.3, 0.4) is 0 Å². The molecule has 0 aliphatic carbocycles. The van der Waals surface area contributed by atoms with Crippen molar-refractivity contribution in [1.29, 1.82) is 0 Å². The van der Waals surface area contributed by atoms with Crippen LogP contribution in [-0.2, 0) is 15.1 Å². The molecule has 6 heteroatoms. The largest absolute Gasteiger partial charge is 0.497 e. The molecule has 6 rings (SSSR count). The van der Waals surface area contributed by atoms with Gasteiger partial charge >= 0.3 is 5.97 Å². The van der Waals surface area contributed by atoms with Gasteiger partial charge in [-0.05, 0) is 47.9 Å². The van der Waals surface area contributed by atoms with Crippen LogP contribution in [0, 0.1) is 0 Å². The topological polar surface area (TPSA) is 57.2 Å². The molecule has 4 aromatic rings. The predicted molar refractivity (Wildman–Crippen MR) is 148 cm³/mol. The second kappa shape index (κ2) is 9.88. The number of anilines is 1. The van der Waals surface area contributed by atoms with Crippen molar-refractivity contribution < 1.29 is 23.7 Å². The first-order chi connectivity index (χ1) is 18.6. The van der Waals surface area contributed by atoms with Gasteiger partial charge in [-0.3, -0.25) is 0 Å². The molecule has 6 nitrogen and oxygen atoms in total. The van der Waals surface area contributed by atoms with E-state index in [2.05, 4.69) is 29.2 Å². The van der Waals surface area contributed by atoms with Crippen LogP contribution in [0.1, 0.15) is 27.0 Å². The highest BCUT2D eigenvalue weighted by molar-refractivity contribution is 6.04. The highest BCUT2D eigenvalue weighted by Crippen LogP contribution is 2.46. The number of morpholine rings is 1. The summed E-state index contributed by atoms with van der Waals surface area (Å²) in [5.74, 6) is 1.02. The molecule has 0 radical (unpaired) electrons. The van der Waals surface area contributed by atoms with Gasteiger partial charge in [0.05, 0.1) is 33.0 Å². The zero-order valence-electron chi connectivity index (χ0n) is 21.5. The average Bonchev–Trinajstić information content (AvgIpc) is 3.00. The Hall–Kier alpha value is -4.29. The highest BCUT2D eigenvalue weighted by Gasteiger charge is 2.39. The molecular formula is C32H29NO5. The number of benzene rings is 4. The van der Waals surface area contributed by atoms with Crippen molar-refractivity contribution in [2.45, 2.75) is 5.60 Å². The molecule has 4 aromatic carbocycles. The number of fused-ring (bicyclic) bond motifs is 3. The van der Waals surface area contributed by atoms with Crippen LogP contribution in [-0.4, -0.2) is 46.5 Å². The Labute approximate surface area is 222 Å². The van der Waals surface area contributed by atoms with Crippen LogP contribution >= 0.6 is 0 Å². The second-order valence-electron chi connectivity index (χ2n) is 9.43. The van der Waals surface area contributed by atoms with E-state index >= 15 is 0 Å². The van der Waals surface area contributed by atoms with E-state index in [4.69, 9.17) is 18.9 Å². The van der Waals surface area contributed by atoms with E-state index in [1.165, 1.54) is 7.11 Å². The molecule has 1 atom stereocenters. The lowest BCUT2D eigenvalue weighted by Gasteiger charge is -2.37. The van der Waals surface area contributed by atoms with Crippen molar-refractivity contribution in [3.8, 4) is 11.5 Å². The van der Waals surface area contributed by atoms with Crippen molar-refractivity contribution in [2.24, 2.45) is 0 Å². The Morgan fingerprint density at radius 1 is 0.895 bits per heavy atom. The predicted octanol–water partition coefficient (Wildman–Crippen LogP) is 5.82. The highest BCUT2D eigenvalue weighted by atomic mass is 16.5. The number of carbonyl (C=O) groups excluding carboxylic acids is 1. The van der Waals surface area contributed by atoms with Gasteiger partial charge in [0.1, 0.15) is 11.5 Å². The first kappa shape index (κ1) is 24.1. The van der Waals surface area contributed by atoms with Gasteiger partial charge in [-0.2, -0.15) is 0 Å². The van der Waals surface area contributed by atoms with Gasteiger partial charge < -0.3 is 23.8 Å². The molecule has 38 heavy (non-hydrogen) atoms. The molecule has 0 N–H and O–H groups in total. The van der Waals surface area contributed by atoms with E-state index in [0.29, 0.717) is 16.9 Å². The standard InChI is InChI=1S/C32H29NO5/c1-35-26-13-9-24(10-14-26)32(23-7-11-25(12-8-23)33-17-19-37-20-18-33)16-15-28-29(31(34)36-2)21-22-5-3-4-6-27(22)30(28)38-32/h3-16,21H,17-20H2,1-2H3. The monoisotopic (exact) mass is 507 g/mol. The Balaban J connectivity index is 1.52. The van der Waals surface area contributed by atoms with Gasteiger partial charge in [0.25, 0.3) is 0 Å². The first-order valence-electron chi connectivity index (χ1n) is 12.7. The van der Waals surface area contributed by atoms with Gasteiger partial charge in [0.15, 0.2) is 5.60 Å². The molecule has 0 aromatic heterocycles. The molecule has 192 valence electrons. The van der Waals surface area contributed by atoms with E-state index in [1.54, 1.807) is 7.11 Å². The Bertz CT molecular complexity index is 1500. The fourth-order valence-electron chi connectivity index (χ4n) is 5.34. The minimum absolute atomic E-state index is 0.396. The van der Waals surface area contributed by atoms with Crippen molar-refractivity contribution >= 4 is 28.5 Å². The molecule has 1 fully saturated rings. The van der Waals surface area contributed by atoms with Gasteiger partial charge in [-0.25, -0.2) is 4.79 Å². The third kappa shape index (κ3) is 4.07. The number of carbonyl (C=O) groups is 1. The molecule has 2 aliphatic heterocycles. The number of nitrogens with zero attached hydrogens (tertiary/aromatic N) is 1. The fraction of sp³-hybridized carbons (Fsp3) is 0.219. The van der Waals surface area contributed by atoms with E-state index in [9.17, 15) is 4.79 Å². The Morgan fingerprint density at radius 3 is 2.26 bits per heavy atom. The first-order valence-corrected chi connectivity index (χ1v) is 12.7. The number of hydrogen-bond donors (Lipinski definition) is 0. The Kier molecular flexibility index (Phi) is 6.26. The molecule has 1 saturated heterocycles. The van der Waals surface area contributed by atoms with Gasteiger partial charge in [-0.1, -0.05) is 48.5 Å². The summed E-state index contributed by atoms with van der Waals surface area (Å²) < 4.78 is 23.1. The summed E-state index contributed by atoms with van der Waals surface area (Å²) in [4.78, 5) is 15.1. The number of methoxy groups -OCH3 is 2. The normalized spacial score (nSPS) is 18.5. The average molecular weight is 508 g/mol. The summed E-state index contributed by atoms with van der Waals surface area (Å²) in [6.07, 6.45) is 4.01. The number of esters is 1. The quantitative estimate of drug-likeness (QED) is 0.317. The molecule has 0 spiro atoms. The van der Waals surface area contributed by atoms with Gasteiger partial charge in [0.2, 0.25) is 0 Å².